The number of ether oxygens (including phenoxy) is 1. The average Bonchev–Trinajstić information content (AvgIpc) is 3.39. The van der Waals surface area contributed by atoms with Gasteiger partial charge in [0.05, 0.1) is 27.1 Å². The third-order valence-corrected chi connectivity index (χ3v) is 5.71. The summed E-state index contributed by atoms with van der Waals surface area (Å²) < 4.78 is 18.8. The molecule has 1 aliphatic carbocycles. The van der Waals surface area contributed by atoms with E-state index in [1.807, 2.05) is 0 Å². The van der Waals surface area contributed by atoms with E-state index in [0.29, 0.717) is 17.9 Å². The van der Waals surface area contributed by atoms with Crippen molar-refractivity contribution in [2.45, 2.75) is 31.1 Å². The summed E-state index contributed by atoms with van der Waals surface area (Å²) >= 11 is 12.3. The summed E-state index contributed by atoms with van der Waals surface area (Å²) in [5.41, 5.74) is 1.48. The first-order chi connectivity index (χ1) is 13.4. The van der Waals surface area contributed by atoms with Gasteiger partial charge in [-0.05, 0) is 43.4 Å². The minimum absolute atomic E-state index is 0.00789. The molecular weight excluding hydrogens is 410 g/mol. The van der Waals surface area contributed by atoms with Gasteiger partial charge in [0.25, 0.3) is 5.69 Å². The molecule has 2 aromatic rings. The zero-order valence-corrected chi connectivity index (χ0v) is 16.1. The highest BCUT2D eigenvalue weighted by Crippen LogP contribution is 2.58. The van der Waals surface area contributed by atoms with E-state index in [0.717, 1.165) is 36.1 Å². The normalized spacial score (nSPS) is 16.0. The van der Waals surface area contributed by atoms with Crippen LogP contribution in [0.25, 0.3) is 0 Å². The van der Waals surface area contributed by atoms with Gasteiger partial charge in [-0.25, -0.2) is 0 Å². The number of non-ortho nitro benzene ring substituents is 1. The Hall–Kier alpha value is -2.38. The second-order valence-electron chi connectivity index (χ2n) is 6.89. The van der Waals surface area contributed by atoms with Gasteiger partial charge < -0.3 is 10.1 Å². The van der Waals surface area contributed by atoms with Crippen LogP contribution in [-0.2, 0) is 16.6 Å². The van der Waals surface area contributed by atoms with Crippen molar-refractivity contribution in [2.75, 3.05) is 12.0 Å². The number of hydrogen-bond donors (Lipinski definition) is 1. The molecule has 1 amide bonds. The quantitative estimate of drug-likeness (QED) is 0.484. The molecule has 0 saturated heterocycles. The Morgan fingerprint density at radius 2 is 1.93 bits per heavy atom. The van der Waals surface area contributed by atoms with Gasteiger partial charge >= 0.3 is 0 Å². The van der Waals surface area contributed by atoms with Crippen molar-refractivity contribution in [3.05, 3.63) is 55.6 Å². The van der Waals surface area contributed by atoms with Crippen LogP contribution in [-0.4, -0.2) is 17.5 Å². The minimum Gasteiger partial charge on any atom is -0.454 e. The number of fused-ring (bicyclic) bond motifs is 2. The molecule has 0 atom stereocenters. The van der Waals surface area contributed by atoms with E-state index in [-0.39, 0.29) is 33.8 Å². The van der Waals surface area contributed by atoms with E-state index in [1.165, 1.54) is 0 Å². The maximum Gasteiger partial charge on any atom is 0.272 e. The standard InChI is InChI=1S/C19H15Cl2FN2O4/c20-12-8-10(24(26)27)9-13(21)17(12)28-15-4-3-14-16(11(15)2-1-7-22)19(5-6-19)18(25)23-14/h3-4,8-9H,1-2,5-7H2,(H,23,25). The van der Waals surface area contributed by atoms with Crippen LogP contribution in [0.4, 0.5) is 15.8 Å². The van der Waals surface area contributed by atoms with Gasteiger partial charge in [-0.15, -0.1) is 0 Å². The van der Waals surface area contributed by atoms with Gasteiger partial charge in [-0.1, -0.05) is 23.2 Å². The Morgan fingerprint density at radius 3 is 2.50 bits per heavy atom. The second kappa shape index (κ2) is 6.90. The molecule has 0 radical (unpaired) electrons. The number of carbonyl (C=O) groups is 1. The van der Waals surface area contributed by atoms with Crippen molar-refractivity contribution >= 4 is 40.5 Å². The van der Waals surface area contributed by atoms with Gasteiger partial charge in [-0.3, -0.25) is 19.3 Å². The molecule has 2 aromatic carbocycles. The summed E-state index contributed by atoms with van der Waals surface area (Å²) in [6, 6.07) is 5.72. The van der Waals surface area contributed by atoms with Crippen LogP contribution in [0, 0.1) is 10.1 Å². The zero-order valence-electron chi connectivity index (χ0n) is 14.6. The molecule has 28 heavy (non-hydrogen) atoms. The van der Waals surface area contributed by atoms with Crippen LogP contribution < -0.4 is 10.1 Å². The first-order valence-corrected chi connectivity index (χ1v) is 9.48. The SMILES string of the molecule is O=C1Nc2ccc(Oc3c(Cl)cc([N+](=O)[O-])cc3Cl)c(CCCF)c2C12CC2. The molecule has 9 heteroatoms. The lowest BCUT2D eigenvalue weighted by atomic mass is 9.90. The van der Waals surface area contributed by atoms with Crippen LogP contribution in [0.1, 0.15) is 30.4 Å². The van der Waals surface area contributed by atoms with Crippen molar-refractivity contribution in [2.24, 2.45) is 0 Å². The fourth-order valence-corrected chi connectivity index (χ4v) is 4.24. The summed E-state index contributed by atoms with van der Waals surface area (Å²) in [6.45, 7) is -0.503. The molecule has 2 aliphatic rings. The summed E-state index contributed by atoms with van der Waals surface area (Å²) in [7, 11) is 0. The Balaban J connectivity index is 1.79. The lowest BCUT2D eigenvalue weighted by Crippen LogP contribution is -2.19. The summed E-state index contributed by atoms with van der Waals surface area (Å²) in [4.78, 5) is 22.7. The predicted octanol–water partition coefficient (Wildman–Crippen LogP) is 5.58. The summed E-state index contributed by atoms with van der Waals surface area (Å²) in [5, 5.41) is 13.8. The second-order valence-corrected chi connectivity index (χ2v) is 7.71. The number of alkyl halides is 1. The van der Waals surface area contributed by atoms with E-state index in [2.05, 4.69) is 5.32 Å². The third-order valence-electron chi connectivity index (χ3n) is 5.15. The number of halogens is 3. The minimum atomic E-state index is -0.599. The van der Waals surface area contributed by atoms with Crippen LogP contribution >= 0.6 is 23.2 Å². The number of nitro benzene ring substituents is 1. The van der Waals surface area contributed by atoms with E-state index >= 15 is 0 Å². The predicted molar refractivity (Wildman–Crippen MR) is 103 cm³/mol. The largest absolute Gasteiger partial charge is 0.454 e. The fraction of sp³-hybridized carbons (Fsp3) is 0.316. The molecule has 1 saturated carbocycles. The van der Waals surface area contributed by atoms with Crippen LogP contribution in [0.2, 0.25) is 10.0 Å². The summed E-state index contributed by atoms with van der Waals surface area (Å²) in [5.74, 6) is 0.442. The highest BCUT2D eigenvalue weighted by atomic mass is 35.5. The Morgan fingerprint density at radius 1 is 1.25 bits per heavy atom. The van der Waals surface area contributed by atoms with Crippen molar-refractivity contribution in [3.63, 3.8) is 0 Å². The molecule has 0 aromatic heterocycles. The average molecular weight is 425 g/mol. The smallest absolute Gasteiger partial charge is 0.272 e. The number of carbonyl (C=O) groups excluding carboxylic acids is 1. The van der Waals surface area contributed by atoms with Crippen molar-refractivity contribution < 1.29 is 18.8 Å². The Kier molecular flexibility index (Phi) is 4.67. The topological polar surface area (TPSA) is 81.5 Å². The van der Waals surface area contributed by atoms with Gasteiger partial charge in [-0.2, -0.15) is 0 Å². The molecule has 1 N–H and O–H groups in total. The van der Waals surface area contributed by atoms with Gasteiger partial charge in [0.1, 0.15) is 5.75 Å². The first kappa shape index (κ1) is 19.0. The molecule has 0 bridgehead atoms. The third kappa shape index (κ3) is 2.99. The van der Waals surface area contributed by atoms with Gasteiger partial charge in [0.15, 0.2) is 5.75 Å². The first-order valence-electron chi connectivity index (χ1n) is 8.72. The molecule has 1 fully saturated rings. The van der Waals surface area contributed by atoms with Crippen LogP contribution in [0.15, 0.2) is 24.3 Å². The summed E-state index contributed by atoms with van der Waals surface area (Å²) in [6.07, 6.45) is 2.13. The Labute approximate surface area is 169 Å². The number of nitrogens with one attached hydrogen (secondary N) is 1. The van der Waals surface area contributed by atoms with E-state index in [4.69, 9.17) is 27.9 Å². The molecular formula is C19H15Cl2FN2O4. The molecule has 1 aliphatic heterocycles. The molecule has 6 nitrogen and oxygen atoms in total. The molecule has 0 unspecified atom stereocenters. The lowest BCUT2D eigenvalue weighted by molar-refractivity contribution is -0.384. The van der Waals surface area contributed by atoms with Crippen LogP contribution in [0.5, 0.6) is 11.5 Å². The van der Waals surface area contributed by atoms with Crippen LogP contribution in [0.3, 0.4) is 0 Å². The van der Waals surface area contributed by atoms with Gasteiger partial charge in [0, 0.05) is 23.4 Å². The number of anilines is 1. The van der Waals surface area contributed by atoms with E-state index in [1.54, 1.807) is 12.1 Å². The van der Waals surface area contributed by atoms with Crippen molar-refractivity contribution in [1.82, 2.24) is 0 Å². The highest BCUT2D eigenvalue weighted by Gasteiger charge is 2.57. The zero-order chi connectivity index (χ0) is 20.1. The fourth-order valence-electron chi connectivity index (χ4n) is 3.68. The molecule has 146 valence electrons. The number of nitro groups is 1. The number of amides is 1. The molecule has 4 rings (SSSR count). The number of rotatable bonds is 6. The molecule has 1 spiro atoms. The maximum absolute atomic E-state index is 12.9. The lowest BCUT2D eigenvalue weighted by Gasteiger charge is -2.18. The molecule has 1 heterocycles. The Bertz CT molecular complexity index is 985. The number of nitrogens with zero attached hydrogens (tertiary/aromatic N) is 1. The number of benzene rings is 2. The van der Waals surface area contributed by atoms with Crippen molar-refractivity contribution in [3.8, 4) is 11.5 Å². The van der Waals surface area contributed by atoms with E-state index < -0.39 is 17.0 Å². The highest BCUT2D eigenvalue weighted by molar-refractivity contribution is 6.37. The van der Waals surface area contributed by atoms with Gasteiger partial charge in [0.2, 0.25) is 5.91 Å². The number of hydrogen-bond acceptors (Lipinski definition) is 4. The van der Waals surface area contributed by atoms with Crippen molar-refractivity contribution in [1.29, 1.82) is 0 Å². The monoisotopic (exact) mass is 424 g/mol. The maximum atomic E-state index is 12.9. The van der Waals surface area contributed by atoms with E-state index in [9.17, 15) is 19.3 Å².